The van der Waals surface area contributed by atoms with Gasteiger partial charge < -0.3 is 5.11 Å². The van der Waals surface area contributed by atoms with E-state index in [1.54, 1.807) is 0 Å². The minimum atomic E-state index is -4.32. The molecule has 0 saturated carbocycles. The molecule has 0 fully saturated rings. The Kier molecular flexibility index (Phi) is 15.2. The fourth-order valence-electron chi connectivity index (χ4n) is 0.156. The maximum absolute atomic E-state index is 9.62. The van der Waals surface area contributed by atoms with Gasteiger partial charge in [0.15, 0.2) is 5.75 Å². The summed E-state index contributed by atoms with van der Waals surface area (Å²) in [6.45, 7) is 0. The number of carbonyl (C=O) groups is 1. The number of carboxylic acid groups (broad SMARTS) is 1. The van der Waals surface area contributed by atoms with E-state index in [4.69, 9.17) is 9.66 Å². The summed E-state index contributed by atoms with van der Waals surface area (Å²) in [5.41, 5.74) is 0. The second kappa shape index (κ2) is 8.26. The molecule has 0 unspecified atom stereocenters. The van der Waals surface area contributed by atoms with Gasteiger partial charge in [-0.3, -0.25) is 9.35 Å². The molecule has 0 aliphatic rings. The number of aliphatic carboxylic acids is 1. The first-order valence-electron chi connectivity index (χ1n) is 1.59. The van der Waals surface area contributed by atoms with Crippen LogP contribution in [0.25, 0.3) is 0 Å². The van der Waals surface area contributed by atoms with E-state index in [0.717, 1.165) is 0 Å². The van der Waals surface area contributed by atoms with Gasteiger partial charge in [-0.1, -0.05) is 0 Å². The Morgan fingerprint density at radius 3 is 1.60 bits per heavy atom. The van der Waals surface area contributed by atoms with Crippen LogP contribution in [0.2, 0.25) is 0 Å². The first-order valence-corrected chi connectivity index (χ1v) is 3.20. The molecule has 0 heterocycles. The molecule has 0 spiro atoms. The van der Waals surface area contributed by atoms with Crippen LogP contribution in [0.3, 0.4) is 0 Å². The second-order valence-corrected chi connectivity index (χ2v) is 2.57. The van der Waals surface area contributed by atoms with Crippen molar-refractivity contribution in [3.05, 3.63) is 0 Å². The second-order valence-electron chi connectivity index (χ2n) is 1.12. The van der Waals surface area contributed by atoms with Crippen LogP contribution in [0.15, 0.2) is 0 Å². The molecule has 2 N–H and O–H groups in total. The molecule has 0 rings (SSSR count). The van der Waals surface area contributed by atoms with Crippen LogP contribution in [0.1, 0.15) is 0 Å². The van der Waals surface area contributed by atoms with Crippen molar-refractivity contribution in [2.24, 2.45) is 0 Å². The average Bonchev–Trinajstić information content (AvgIpc) is 1.21. The maximum atomic E-state index is 9.62. The predicted octanol–water partition coefficient (Wildman–Crippen LogP) is -2.34. The van der Waals surface area contributed by atoms with Crippen LogP contribution in [-0.2, 0) is 14.9 Å². The van der Waals surface area contributed by atoms with E-state index >= 15 is 0 Å². The van der Waals surface area contributed by atoms with Crippen LogP contribution in [0.5, 0.6) is 0 Å². The third kappa shape index (κ3) is 16.9. The molecule has 0 bridgehead atoms. The van der Waals surface area contributed by atoms with Gasteiger partial charge in [0.2, 0.25) is 0 Å². The molecular formula is C2H6K2O5S. The molecule has 8 heteroatoms. The van der Waals surface area contributed by atoms with E-state index in [1.807, 2.05) is 0 Å². The normalized spacial score (nSPS) is 8.90. The Labute approximate surface area is 144 Å². The molecule has 0 aromatic carbocycles. The summed E-state index contributed by atoms with van der Waals surface area (Å²) in [7, 11) is -4.32. The fourth-order valence-corrected chi connectivity index (χ4v) is 0.468. The molecule has 0 aromatic heterocycles. The molecule has 0 atom stereocenters. The summed E-state index contributed by atoms with van der Waals surface area (Å²) in [5.74, 6) is -2.79. The molecule has 10 heavy (non-hydrogen) atoms. The third-order valence-electron chi connectivity index (χ3n) is 0.306. The van der Waals surface area contributed by atoms with Gasteiger partial charge in [-0.25, -0.2) is 0 Å². The monoisotopic (exact) mass is 220 g/mol. The van der Waals surface area contributed by atoms with Crippen LogP contribution in [0, 0.1) is 0 Å². The van der Waals surface area contributed by atoms with Crippen molar-refractivity contribution in [3.63, 3.8) is 0 Å². The SMILES string of the molecule is O=C(O)CS(=O)(=O)O.[KH].[KH]. The van der Waals surface area contributed by atoms with Gasteiger partial charge in [-0.15, -0.1) is 0 Å². The van der Waals surface area contributed by atoms with E-state index < -0.39 is 21.8 Å². The number of carboxylic acids is 1. The molecule has 0 aliphatic heterocycles. The summed E-state index contributed by atoms with van der Waals surface area (Å²) < 4.78 is 27.0. The Balaban J connectivity index is -0.000000245. The summed E-state index contributed by atoms with van der Waals surface area (Å²) in [4.78, 5) is 9.48. The Morgan fingerprint density at radius 1 is 1.30 bits per heavy atom. The van der Waals surface area contributed by atoms with Gasteiger partial charge in [-0.2, -0.15) is 8.42 Å². The van der Waals surface area contributed by atoms with E-state index in [-0.39, 0.29) is 103 Å². The molecule has 0 aliphatic carbocycles. The number of hydrogen-bond acceptors (Lipinski definition) is 3. The predicted molar refractivity (Wildman–Crippen MR) is 38.3 cm³/mol. The van der Waals surface area contributed by atoms with Gasteiger partial charge in [0.1, 0.15) is 0 Å². The summed E-state index contributed by atoms with van der Waals surface area (Å²) in [6.07, 6.45) is 0. The first kappa shape index (κ1) is 18.4. The van der Waals surface area contributed by atoms with E-state index in [1.165, 1.54) is 0 Å². The average molecular weight is 220 g/mol. The van der Waals surface area contributed by atoms with Gasteiger partial charge in [0, 0.05) is 0 Å². The van der Waals surface area contributed by atoms with Crippen LogP contribution in [-0.4, -0.2) is 133 Å². The number of rotatable bonds is 2. The van der Waals surface area contributed by atoms with E-state index in [2.05, 4.69) is 0 Å². The Morgan fingerprint density at radius 2 is 1.60 bits per heavy atom. The first-order chi connectivity index (χ1) is 3.42. The summed E-state index contributed by atoms with van der Waals surface area (Å²) >= 11 is 0. The van der Waals surface area contributed by atoms with Gasteiger partial charge in [0.05, 0.1) is 0 Å². The topological polar surface area (TPSA) is 91.7 Å². The van der Waals surface area contributed by atoms with Gasteiger partial charge >= 0.3 is 109 Å². The van der Waals surface area contributed by atoms with Crippen LogP contribution in [0.4, 0.5) is 0 Å². The van der Waals surface area contributed by atoms with Crippen molar-refractivity contribution in [1.82, 2.24) is 0 Å². The van der Waals surface area contributed by atoms with E-state index in [9.17, 15) is 13.2 Å². The van der Waals surface area contributed by atoms with Crippen molar-refractivity contribution in [1.29, 1.82) is 0 Å². The molecule has 0 radical (unpaired) electrons. The van der Waals surface area contributed by atoms with Gasteiger partial charge in [-0.05, 0) is 0 Å². The zero-order chi connectivity index (χ0) is 6.78. The van der Waals surface area contributed by atoms with Crippen LogP contribution < -0.4 is 0 Å². The Bertz CT molecular complexity index is 184. The van der Waals surface area contributed by atoms with E-state index in [0.29, 0.717) is 0 Å². The number of hydrogen-bond donors (Lipinski definition) is 2. The van der Waals surface area contributed by atoms with Crippen molar-refractivity contribution in [3.8, 4) is 0 Å². The standard InChI is InChI=1S/C2H4O5S.2K.2H/c3-2(4)1-8(5,6)7;;;;/h1H2,(H,3,4)(H,5,6,7);;;;. The molecule has 0 saturated heterocycles. The third-order valence-corrected chi connectivity index (χ3v) is 0.918. The van der Waals surface area contributed by atoms with Crippen molar-refractivity contribution >= 4 is 119 Å². The summed E-state index contributed by atoms with van der Waals surface area (Å²) in [5, 5.41) is 7.71. The molecule has 0 aromatic rings. The molecular weight excluding hydrogens is 214 g/mol. The van der Waals surface area contributed by atoms with Crippen LogP contribution >= 0.6 is 0 Å². The molecule has 52 valence electrons. The van der Waals surface area contributed by atoms with Crippen molar-refractivity contribution < 1.29 is 22.9 Å². The fraction of sp³-hybridized carbons (Fsp3) is 0.500. The zero-order valence-electron chi connectivity index (χ0n) is 3.73. The minimum absolute atomic E-state index is 0. The summed E-state index contributed by atoms with van der Waals surface area (Å²) in [6, 6.07) is 0. The quantitative estimate of drug-likeness (QED) is 0.402. The van der Waals surface area contributed by atoms with Crippen molar-refractivity contribution in [2.45, 2.75) is 0 Å². The van der Waals surface area contributed by atoms with Crippen molar-refractivity contribution in [2.75, 3.05) is 5.75 Å². The zero-order valence-corrected chi connectivity index (χ0v) is 4.55. The Hall–Kier alpha value is 2.65. The van der Waals surface area contributed by atoms with Gasteiger partial charge in [0.25, 0.3) is 10.1 Å². The molecule has 0 amide bonds. The molecule has 5 nitrogen and oxygen atoms in total.